The van der Waals surface area contributed by atoms with Crippen molar-refractivity contribution in [3.63, 3.8) is 0 Å². The molecule has 0 aliphatic carbocycles. The summed E-state index contributed by atoms with van der Waals surface area (Å²) in [6, 6.07) is 9.47. The minimum absolute atomic E-state index is 0.220. The van der Waals surface area contributed by atoms with Crippen LogP contribution in [0, 0.1) is 0 Å². The number of benzene rings is 1. The van der Waals surface area contributed by atoms with Crippen LogP contribution in [0.25, 0.3) is 0 Å². The highest BCUT2D eigenvalue weighted by atomic mass is 16.7. The summed E-state index contributed by atoms with van der Waals surface area (Å²) in [5, 5.41) is 1.99. The summed E-state index contributed by atoms with van der Waals surface area (Å²) in [4.78, 5) is 34.6. The van der Waals surface area contributed by atoms with Gasteiger partial charge in [-0.3, -0.25) is 9.63 Å². The smallest absolute Gasteiger partial charge is 0.417 e. The van der Waals surface area contributed by atoms with E-state index in [2.05, 4.69) is 34.3 Å². The first kappa shape index (κ1) is 25.4. The summed E-state index contributed by atoms with van der Waals surface area (Å²) in [5.74, 6) is -0.342. The molecule has 2 aliphatic heterocycles. The van der Waals surface area contributed by atoms with Crippen molar-refractivity contribution in [2.45, 2.75) is 109 Å². The van der Waals surface area contributed by atoms with Crippen LogP contribution in [0.15, 0.2) is 43.0 Å². The molecule has 1 unspecified atom stereocenters. The van der Waals surface area contributed by atoms with E-state index >= 15 is 0 Å². The third-order valence-electron chi connectivity index (χ3n) is 6.99. The Bertz CT molecular complexity index is 846. The minimum Gasteiger partial charge on any atom is -0.441 e. The van der Waals surface area contributed by atoms with E-state index in [0.29, 0.717) is 19.3 Å². The molecule has 182 valence electrons. The van der Waals surface area contributed by atoms with Gasteiger partial charge in [-0.1, -0.05) is 36.4 Å². The van der Waals surface area contributed by atoms with E-state index in [9.17, 15) is 9.59 Å². The van der Waals surface area contributed by atoms with Gasteiger partial charge in [0.05, 0.1) is 6.04 Å². The number of ether oxygens (including phenoxy) is 1. The van der Waals surface area contributed by atoms with Gasteiger partial charge in [0.2, 0.25) is 0 Å². The fraction of sp³-hybridized carbons (Fsp3) is 0.630. The first-order chi connectivity index (χ1) is 15.4. The Morgan fingerprint density at radius 2 is 1.76 bits per heavy atom. The molecular formula is C27H40N2O4. The lowest BCUT2D eigenvalue weighted by atomic mass is 9.82. The van der Waals surface area contributed by atoms with Crippen molar-refractivity contribution >= 4 is 12.0 Å². The summed E-state index contributed by atoms with van der Waals surface area (Å²) < 4.78 is 5.67. The average molecular weight is 457 g/mol. The van der Waals surface area contributed by atoms with E-state index < -0.39 is 23.8 Å². The van der Waals surface area contributed by atoms with Gasteiger partial charge in [0, 0.05) is 11.1 Å². The first-order valence-electron chi connectivity index (χ1n) is 12.1. The molecule has 0 radical (unpaired) electrons. The molecular weight excluding hydrogens is 416 g/mol. The number of amides is 2. The SMILES string of the molecule is C=CCCC(ON1C(C)(C)CCCC1(C)C)C(=O)N1C(=O)OC(C)(C)[C@@H]1Cc1ccccc1. The van der Waals surface area contributed by atoms with Gasteiger partial charge in [-0.25, -0.2) is 9.69 Å². The normalized spacial score (nSPS) is 24.8. The fourth-order valence-corrected chi connectivity index (χ4v) is 5.23. The first-order valence-corrected chi connectivity index (χ1v) is 12.1. The number of hydrogen-bond donors (Lipinski definition) is 0. The van der Waals surface area contributed by atoms with Crippen LogP contribution in [0.1, 0.15) is 79.2 Å². The predicted molar refractivity (Wildman–Crippen MR) is 129 cm³/mol. The van der Waals surface area contributed by atoms with Crippen molar-refractivity contribution in [2.24, 2.45) is 0 Å². The van der Waals surface area contributed by atoms with Gasteiger partial charge in [-0.2, -0.15) is 5.06 Å². The standard InChI is InChI=1S/C27H40N2O4/c1-8-9-16-21(33-29-25(2,3)17-13-18-26(29,4)5)23(30)28-22(27(6,7)32-24(28)31)19-20-14-11-10-12-15-20/h8,10-12,14-15,21-22H,1,9,13,16-19H2,2-7H3/t21?,22-/m0/s1. The van der Waals surface area contributed by atoms with Crippen molar-refractivity contribution in [2.75, 3.05) is 0 Å². The largest absolute Gasteiger partial charge is 0.441 e. The van der Waals surface area contributed by atoms with Gasteiger partial charge < -0.3 is 4.74 Å². The van der Waals surface area contributed by atoms with Crippen LogP contribution in [0.3, 0.4) is 0 Å². The summed E-state index contributed by atoms with van der Waals surface area (Å²) in [6.45, 7) is 16.1. The zero-order valence-electron chi connectivity index (χ0n) is 21.1. The highest BCUT2D eigenvalue weighted by molar-refractivity contribution is 5.96. The van der Waals surface area contributed by atoms with Gasteiger partial charge in [0.15, 0.2) is 6.10 Å². The molecule has 0 spiro atoms. The van der Waals surface area contributed by atoms with Gasteiger partial charge in [0.1, 0.15) is 5.60 Å². The molecule has 6 nitrogen and oxygen atoms in total. The Morgan fingerprint density at radius 3 is 2.33 bits per heavy atom. The molecule has 2 saturated heterocycles. The molecule has 0 saturated carbocycles. The second kappa shape index (κ2) is 9.59. The minimum atomic E-state index is -0.796. The maximum absolute atomic E-state index is 13.9. The van der Waals surface area contributed by atoms with Crippen molar-refractivity contribution in [3.05, 3.63) is 48.6 Å². The highest BCUT2D eigenvalue weighted by Gasteiger charge is 2.53. The maximum Gasteiger partial charge on any atom is 0.417 e. The zero-order chi connectivity index (χ0) is 24.4. The Labute approximate surface area is 198 Å². The van der Waals surface area contributed by atoms with Gasteiger partial charge >= 0.3 is 6.09 Å². The van der Waals surface area contributed by atoms with E-state index in [4.69, 9.17) is 9.57 Å². The Kier molecular flexibility index (Phi) is 7.39. The molecule has 3 rings (SSSR count). The number of nitrogens with zero attached hydrogens (tertiary/aromatic N) is 2. The summed E-state index contributed by atoms with van der Waals surface area (Å²) in [6.07, 6.45) is 5.05. The third kappa shape index (κ3) is 5.49. The number of hydroxylamine groups is 2. The molecule has 33 heavy (non-hydrogen) atoms. The molecule has 0 aromatic heterocycles. The summed E-state index contributed by atoms with van der Waals surface area (Å²) in [7, 11) is 0. The van der Waals surface area contributed by atoms with Gasteiger partial charge in [-0.15, -0.1) is 6.58 Å². The Balaban J connectivity index is 1.90. The van der Waals surface area contributed by atoms with E-state index in [1.54, 1.807) is 6.08 Å². The third-order valence-corrected chi connectivity index (χ3v) is 6.99. The average Bonchev–Trinajstić information content (AvgIpc) is 2.94. The van der Waals surface area contributed by atoms with E-state index in [1.165, 1.54) is 4.90 Å². The molecule has 2 amide bonds. The summed E-state index contributed by atoms with van der Waals surface area (Å²) >= 11 is 0. The molecule has 0 N–H and O–H groups in total. The van der Waals surface area contributed by atoms with Crippen LogP contribution < -0.4 is 0 Å². The maximum atomic E-state index is 13.9. The van der Waals surface area contributed by atoms with Crippen LogP contribution >= 0.6 is 0 Å². The molecule has 0 bridgehead atoms. The molecule has 2 heterocycles. The number of hydrogen-bond acceptors (Lipinski definition) is 5. The van der Waals surface area contributed by atoms with Crippen LogP contribution in [-0.4, -0.2) is 50.8 Å². The van der Waals surface area contributed by atoms with E-state index in [-0.39, 0.29) is 17.0 Å². The van der Waals surface area contributed by atoms with Crippen molar-refractivity contribution in [3.8, 4) is 0 Å². The van der Waals surface area contributed by atoms with Crippen molar-refractivity contribution < 1.29 is 19.2 Å². The van der Waals surface area contributed by atoms with Crippen LogP contribution in [0.5, 0.6) is 0 Å². The van der Waals surface area contributed by atoms with Gasteiger partial charge in [0.25, 0.3) is 5.91 Å². The highest BCUT2D eigenvalue weighted by Crippen LogP contribution is 2.40. The number of piperidine rings is 1. The number of carbonyl (C=O) groups excluding carboxylic acids is 2. The van der Waals surface area contributed by atoms with Crippen LogP contribution in [-0.2, 0) is 20.8 Å². The van der Waals surface area contributed by atoms with Crippen LogP contribution in [0.4, 0.5) is 4.79 Å². The number of carbonyl (C=O) groups is 2. The number of allylic oxidation sites excluding steroid dienone is 1. The Morgan fingerprint density at radius 1 is 1.15 bits per heavy atom. The number of imide groups is 1. The number of cyclic esters (lactones) is 1. The lowest BCUT2D eigenvalue weighted by molar-refractivity contribution is -0.300. The molecule has 6 heteroatoms. The van der Waals surface area contributed by atoms with Crippen molar-refractivity contribution in [1.29, 1.82) is 0 Å². The van der Waals surface area contributed by atoms with Gasteiger partial charge in [-0.05, 0) is 85.6 Å². The topological polar surface area (TPSA) is 59.1 Å². The lowest BCUT2D eigenvalue weighted by Gasteiger charge is -2.52. The Hall–Kier alpha value is -2.18. The van der Waals surface area contributed by atoms with E-state index in [0.717, 1.165) is 24.8 Å². The van der Waals surface area contributed by atoms with Crippen LogP contribution in [0.2, 0.25) is 0 Å². The monoisotopic (exact) mass is 456 g/mol. The quantitative estimate of drug-likeness (QED) is 0.472. The van der Waals surface area contributed by atoms with Crippen molar-refractivity contribution in [1.82, 2.24) is 9.96 Å². The molecule has 1 aromatic rings. The fourth-order valence-electron chi connectivity index (χ4n) is 5.23. The predicted octanol–water partition coefficient (Wildman–Crippen LogP) is 5.66. The lowest BCUT2D eigenvalue weighted by Crippen LogP contribution is -2.61. The van der Waals surface area contributed by atoms with E-state index in [1.807, 2.05) is 49.2 Å². The number of rotatable bonds is 8. The molecule has 2 fully saturated rings. The molecule has 2 aliphatic rings. The second-order valence-corrected chi connectivity index (χ2v) is 11.1. The molecule has 1 aromatic carbocycles. The summed E-state index contributed by atoms with van der Waals surface area (Å²) in [5.41, 5.74) is -0.186. The zero-order valence-corrected chi connectivity index (χ0v) is 21.1. The second-order valence-electron chi connectivity index (χ2n) is 11.1. The molecule has 2 atom stereocenters.